The molecule has 0 bridgehead atoms. The van der Waals surface area contributed by atoms with Gasteiger partial charge in [0, 0.05) is 23.2 Å². The van der Waals surface area contributed by atoms with E-state index in [1.807, 2.05) is 0 Å². The van der Waals surface area contributed by atoms with Crippen LogP contribution in [0.5, 0.6) is 11.5 Å². The quantitative estimate of drug-likeness (QED) is 0.243. The van der Waals surface area contributed by atoms with Crippen LogP contribution in [0.2, 0.25) is 10.0 Å². The highest BCUT2D eigenvalue weighted by molar-refractivity contribution is 6.35. The van der Waals surface area contributed by atoms with E-state index in [1.165, 1.54) is 61.5 Å². The number of hydrogen-bond donors (Lipinski definition) is 1. The second-order valence-electron chi connectivity index (χ2n) is 7.11. The molecule has 0 unspecified atom stereocenters. The molecule has 0 saturated carbocycles. The second kappa shape index (κ2) is 12.0. The van der Waals surface area contributed by atoms with Crippen molar-refractivity contribution < 1.29 is 33.4 Å². The number of ketones is 1. The normalized spacial score (nSPS) is 10.3. The van der Waals surface area contributed by atoms with Gasteiger partial charge in [-0.3, -0.25) is 14.4 Å². The Morgan fingerprint density at radius 2 is 1.49 bits per heavy atom. The van der Waals surface area contributed by atoms with Crippen molar-refractivity contribution in [2.24, 2.45) is 0 Å². The number of anilines is 1. The number of carbonyl (C=O) groups is 4. The van der Waals surface area contributed by atoms with E-state index < -0.39 is 30.2 Å². The summed E-state index contributed by atoms with van der Waals surface area (Å²) in [7, 11) is 0. The molecule has 0 aliphatic rings. The van der Waals surface area contributed by atoms with Crippen molar-refractivity contribution in [1.82, 2.24) is 0 Å². The predicted molar refractivity (Wildman–Crippen MR) is 129 cm³/mol. The highest BCUT2D eigenvalue weighted by Gasteiger charge is 2.13. The Balaban J connectivity index is 1.47. The fourth-order valence-corrected chi connectivity index (χ4v) is 3.26. The first-order valence-electron chi connectivity index (χ1n) is 10.2. The van der Waals surface area contributed by atoms with Crippen LogP contribution in [-0.2, 0) is 14.3 Å². The Hall–Kier alpha value is -3.88. The van der Waals surface area contributed by atoms with Gasteiger partial charge in [0.25, 0.3) is 5.91 Å². The van der Waals surface area contributed by atoms with Crippen molar-refractivity contribution in [3.05, 3.63) is 87.9 Å². The van der Waals surface area contributed by atoms with Gasteiger partial charge in [0.2, 0.25) is 0 Å². The van der Waals surface area contributed by atoms with Crippen molar-refractivity contribution >= 4 is 52.5 Å². The molecule has 0 aromatic heterocycles. The molecule has 1 amide bonds. The van der Waals surface area contributed by atoms with Crippen LogP contribution in [0.3, 0.4) is 0 Å². The first kappa shape index (κ1) is 25.7. The summed E-state index contributed by atoms with van der Waals surface area (Å²) in [6, 6.07) is 16.5. The molecular weight excluding hydrogens is 497 g/mol. The molecule has 0 aliphatic heterocycles. The highest BCUT2D eigenvalue weighted by Crippen LogP contribution is 2.27. The number of benzene rings is 3. The maximum atomic E-state index is 12.2. The first-order chi connectivity index (χ1) is 16.7. The van der Waals surface area contributed by atoms with Crippen LogP contribution in [0, 0.1) is 0 Å². The van der Waals surface area contributed by atoms with E-state index in [-0.39, 0.29) is 17.2 Å². The van der Waals surface area contributed by atoms with E-state index >= 15 is 0 Å². The smallest absolute Gasteiger partial charge is 0.338 e. The van der Waals surface area contributed by atoms with Crippen LogP contribution < -0.4 is 14.8 Å². The lowest BCUT2D eigenvalue weighted by Gasteiger charge is -2.09. The summed E-state index contributed by atoms with van der Waals surface area (Å²) in [4.78, 5) is 47.5. The minimum absolute atomic E-state index is 0.199. The molecular formula is C25H19Cl2NO7. The monoisotopic (exact) mass is 515 g/mol. The van der Waals surface area contributed by atoms with Gasteiger partial charge in [-0.15, -0.1) is 0 Å². The Bertz CT molecular complexity index is 1240. The SMILES string of the molecule is CC(=O)Oc1ccc(C(=O)COC(=O)c2ccc(NC(=O)COc3ccc(Cl)cc3Cl)cc2)cc1. The Kier molecular flexibility index (Phi) is 8.83. The summed E-state index contributed by atoms with van der Waals surface area (Å²) in [6.45, 7) is 0.524. The summed E-state index contributed by atoms with van der Waals surface area (Å²) in [6.07, 6.45) is 0. The molecule has 0 heterocycles. The third-order valence-corrected chi connectivity index (χ3v) is 4.96. The van der Waals surface area contributed by atoms with E-state index in [9.17, 15) is 19.2 Å². The lowest BCUT2D eigenvalue weighted by molar-refractivity contribution is -0.131. The molecule has 8 nitrogen and oxygen atoms in total. The molecule has 3 rings (SSSR count). The van der Waals surface area contributed by atoms with Gasteiger partial charge in [0.05, 0.1) is 10.6 Å². The van der Waals surface area contributed by atoms with E-state index in [4.69, 9.17) is 37.4 Å². The zero-order valence-electron chi connectivity index (χ0n) is 18.4. The van der Waals surface area contributed by atoms with Crippen LogP contribution in [0.25, 0.3) is 0 Å². The number of halogens is 2. The highest BCUT2D eigenvalue weighted by atomic mass is 35.5. The first-order valence-corrected chi connectivity index (χ1v) is 10.9. The van der Waals surface area contributed by atoms with Gasteiger partial charge in [-0.25, -0.2) is 4.79 Å². The number of carbonyl (C=O) groups excluding carboxylic acids is 4. The van der Waals surface area contributed by atoms with Crippen LogP contribution in [-0.4, -0.2) is 36.8 Å². The van der Waals surface area contributed by atoms with E-state index in [2.05, 4.69) is 5.32 Å². The second-order valence-corrected chi connectivity index (χ2v) is 7.95. The summed E-state index contributed by atoms with van der Waals surface area (Å²) in [5, 5.41) is 3.36. The number of Topliss-reactive ketones (excluding diaryl/α,β-unsaturated/α-hetero) is 1. The number of rotatable bonds is 9. The average Bonchev–Trinajstić information content (AvgIpc) is 2.82. The van der Waals surface area contributed by atoms with Crippen LogP contribution in [0.1, 0.15) is 27.6 Å². The van der Waals surface area contributed by atoms with Crippen LogP contribution in [0.15, 0.2) is 66.7 Å². The van der Waals surface area contributed by atoms with Crippen molar-refractivity contribution in [2.75, 3.05) is 18.5 Å². The van der Waals surface area contributed by atoms with Crippen LogP contribution in [0.4, 0.5) is 5.69 Å². The van der Waals surface area contributed by atoms with Gasteiger partial charge < -0.3 is 19.5 Å². The third-order valence-electron chi connectivity index (χ3n) is 4.43. The van der Waals surface area contributed by atoms with Gasteiger partial charge in [-0.1, -0.05) is 23.2 Å². The molecule has 0 atom stereocenters. The fourth-order valence-electron chi connectivity index (χ4n) is 2.79. The van der Waals surface area contributed by atoms with Crippen molar-refractivity contribution in [1.29, 1.82) is 0 Å². The standard InChI is InChI=1S/C25H19Cl2NO7/c1-15(29)35-20-9-4-16(5-10-20)22(30)13-34-25(32)17-2-7-19(8-3-17)28-24(31)14-33-23-11-6-18(26)12-21(23)27/h2-12H,13-14H2,1H3,(H,28,31). The molecule has 0 saturated heterocycles. The van der Waals surface area contributed by atoms with Crippen LogP contribution >= 0.6 is 23.2 Å². The Labute approximate surface area is 210 Å². The Morgan fingerprint density at radius 1 is 0.829 bits per heavy atom. The van der Waals surface area contributed by atoms with Gasteiger partial charge in [-0.2, -0.15) is 0 Å². The molecule has 1 N–H and O–H groups in total. The van der Waals surface area contributed by atoms with Gasteiger partial charge >= 0.3 is 11.9 Å². The number of nitrogens with one attached hydrogen (secondary N) is 1. The minimum atomic E-state index is -0.700. The molecule has 35 heavy (non-hydrogen) atoms. The van der Waals surface area contributed by atoms with Gasteiger partial charge in [0.1, 0.15) is 11.5 Å². The molecule has 0 radical (unpaired) electrons. The van der Waals surface area contributed by atoms with E-state index in [0.29, 0.717) is 27.8 Å². The van der Waals surface area contributed by atoms with Crippen molar-refractivity contribution in [3.8, 4) is 11.5 Å². The molecule has 180 valence electrons. The fraction of sp³-hybridized carbons (Fsp3) is 0.120. The molecule has 0 fully saturated rings. The third kappa shape index (κ3) is 7.84. The van der Waals surface area contributed by atoms with E-state index in [0.717, 1.165) is 0 Å². The van der Waals surface area contributed by atoms with E-state index in [1.54, 1.807) is 12.1 Å². The Morgan fingerprint density at radius 3 is 2.11 bits per heavy atom. The maximum Gasteiger partial charge on any atom is 0.338 e. The minimum Gasteiger partial charge on any atom is -0.482 e. The molecule has 0 aliphatic carbocycles. The summed E-state index contributed by atoms with van der Waals surface area (Å²) >= 11 is 11.8. The lowest BCUT2D eigenvalue weighted by atomic mass is 10.1. The summed E-state index contributed by atoms with van der Waals surface area (Å²) < 4.78 is 15.3. The van der Waals surface area contributed by atoms with Gasteiger partial charge in [-0.05, 0) is 66.7 Å². The summed E-state index contributed by atoms with van der Waals surface area (Å²) in [5.41, 5.74) is 0.931. The van der Waals surface area contributed by atoms with Gasteiger partial charge in [0.15, 0.2) is 19.0 Å². The lowest BCUT2D eigenvalue weighted by Crippen LogP contribution is -2.20. The zero-order valence-corrected chi connectivity index (χ0v) is 19.9. The number of amides is 1. The average molecular weight is 516 g/mol. The molecule has 3 aromatic rings. The predicted octanol–water partition coefficient (Wildman–Crippen LogP) is 4.98. The number of hydrogen-bond acceptors (Lipinski definition) is 7. The zero-order chi connectivity index (χ0) is 25.4. The van der Waals surface area contributed by atoms with Crippen molar-refractivity contribution in [2.45, 2.75) is 6.92 Å². The number of esters is 2. The topological polar surface area (TPSA) is 108 Å². The maximum absolute atomic E-state index is 12.2. The molecule has 10 heteroatoms. The molecule has 0 spiro atoms. The molecule has 3 aromatic carbocycles. The largest absolute Gasteiger partial charge is 0.482 e. The number of ether oxygens (including phenoxy) is 3. The van der Waals surface area contributed by atoms with Crippen molar-refractivity contribution in [3.63, 3.8) is 0 Å². The summed E-state index contributed by atoms with van der Waals surface area (Å²) in [5.74, 6) is -1.40.